The molecule has 2 aromatic carbocycles. The summed E-state index contributed by atoms with van der Waals surface area (Å²) in [4.78, 5) is 0. The van der Waals surface area contributed by atoms with Gasteiger partial charge >= 0.3 is 0 Å². The van der Waals surface area contributed by atoms with Crippen molar-refractivity contribution in [1.29, 1.82) is 0 Å². The molecule has 1 unspecified atom stereocenters. The molecule has 0 saturated carbocycles. The molecule has 0 aliphatic carbocycles. The zero-order chi connectivity index (χ0) is 15.1. The quantitative estimate of drug-likeness (QED) is 0.759. The first-order chi connectivity index (χ1) is 10.2. The average molecular weight is 283 g/mol. The highest BCUT2D eigenvalue weighted by atomic mass is 16.5. The summed E-state index contributed by atoms with van der Waals surface area (Å²) in [5.41, 5.74) is 3.66. The zero-order valence-corrected chi connectivity index (χ0v) is 13.2. The smallest absolute Gasteiger partial charge is 0.136 e. The van der Waals surface area contributed by atoms with Crippen LogP contribution in [0.25, 0.3) is 0 Å². The van der Waals surface area contributed by atoms with Crippen LogP contribution in [0.5, 0.6) is 5.75 Å². The van der Waals surface area contributed by atoms with E-state index in [2.05, 4.69) is 68.6 Å². The lowest BCUT2D eigenvalue weighted by Crippen LogP contribution is -2.26. The molecule has 0 heterocycles. The number of rotatable bonds is 7. The van der Waals surface area contributed by atoms with Crippen molar-refractivity contribution in [3.05, 3.63) is 65.2 Å². The topological polar surface area (TPSA) is 21.3 Å². The maximum absolute atomic E-state index is 6.27. The molecule has 21 heavy (non-hydrogen) atoms. The van der Waals surface area contributed by atoms with Crippen molar-refractivity contribution < 1.29 is 4.74 Å². The van der Waals surface area contributed by atoms with Gasteiger partial charge in [-0.2, -0.15) is 0 Å². The maximum atomic E-state index is 6.27. The summed E-state index contributed by atoms with van der Waals surface area (Å²) in [6.45, 7) is 8.22. The fourth-order valence-corrected chi connectivity index (χ4v) is 2.39. The molecule has 2 rings (SSSR count). The van der Waals surface area contributed by atoms with Crippen molar-refractivity contribution in [3.63, 3.8) is 0 Å². The Kier molecular flexibility index (Phi) is 5.82. The Balaban J connectivity index is 2.15. The summed E-state index contributed by atoms with van der Waals surface area (Å²) in [7, 11) is 0. The molecule has 0 radical (unpaired) electrons. The van der Waals surface area contributed by atoms with Crippen LogP contribution >= 0.6 is 0 Å². The maximum Gasteiger partial charge on any atom is 0.136 e. The summed E-state index contributed by atoms with van der Waals surface area (Å²) >= 11 is 0. The lowest BCUT2D eigenvalue weighted by atomic mass is 10.1. The number of ether oxygens (including phenoxy) is 1. The summed E-state index contributed by atoms with van der Waals surface area (Å²) < 4.78 is 6.27. The van der Waals surface area contributed by atoms with Crippen molar-refractivity contribution in [3.8, 4) is 5.75 Å². The standard InChI is InChI=1S/C19H25NO/c1-4-12-20-14-19(17-8-6-5-7-9-17)21-18-11-10-15(2)13-16(18)3/h5-11,13,19-20H,4,12,14H2,1-3H3. The Bertz CT molecular complexity index is 551. The van der Waals surface area contributed by atoms with Crippen molar-refractivity contribution in [2.75, 3.05) is 13.1 Å². The molecule has 0 saturated heterocycles. The number of hydrogen-bond donors (Lipinski definition) is 1. The van der Waals surface area contributed by atoms with Gasteiger partial charge in [-0.25, -0.2) is 0 Å². The van der Waals surface area contributed by atoms with Crippen LogP contribution in [-0.2, 0) is 0 Å². The van der Waals surface area contributed by atoms with E-state index in [0.717, 1.165) is 25.3 Å². The first-order valence-electron chi connectivity index (χ1n) is 7.70. The minimum atomic E-state index is 0.0409. The van der Waals surface area contributed by atoms with Gasteiger partial charge in [0.1, 0.15) is 11.9 Å². The van der Waals surface area contributed by atoms with E-state index < -0.39 is 0 Å². The van der Waals surface area contributed by atoms with Gasteiger partial charge in [-0.1, -0.05) is 55.0 Å². The normalized spacial score (nSPS) is 12.1. The average Bonchev–Trinajstić information content (AvgIpc) is 2.49. The van der Waals surface area contributed by atoms with Crippen molar-refractivity contribution in [2.24, 2.45) is 0 Å². The molecule has 1 atom stereocenters. The number of aryl methyl sites for hydroxylation is 2. The molecular weight excluding hydrogens is 258 g/mol. The van der Waals surface area contributed by atoms with E-state index in [4.69, 9.17) is 4.74 Å². The molecular formula is C19H25NO. The predicted octanol–water partition coefficient (Wildman–Crippen LogP) is 4.42. The molecule has 1 N–H and O–H groups in total. The van der Waals surface area contributed by atoms with Gasteiger partial charge < -0.3 is 10.1 Å². The minimum absolute atomic E-state index is 0.0409. The largest absolute Gasteiger partial charge is 0.484 e. The summed E-state index contributed by atoms with van der Waals surface area (Å²) in [6.07, 6.45) is 1.17. The summed E-state index contributed by atoms with van der Waals surface area (Å²) in [6, 6.07) is 16.8. The third-order valence-corrected chi connectivity index (χ3v) is 3.53. The molecule has 0 aromatic heterocycles. The van der Waals surface area contributed by atoms with Crippen molar-refractivity contribution in [2.45, 2.75) is 33.3 Å². The highest BCUT2D eigenvalue weighted by molar-refractivity contribution is 5.36. The Hall–Kier alpha value is -1.80. The van der Waals surface area contributed by atoms with Gasteiger partial charge in [0.05, 0.1) is 0 Å². The fourth-order valence-electron chi connectivity index (χ4n) is 2.39. The van der Waals surface area contributed by atoms with E-state index in [0.29, 0.717) is 0 Å². The molecule has 0 aliphatic rings. The number of benzene rings is 2. The predicted molar refractivity (Wildman–Crippen MR) is 88.9 cm³/mol. The molecule has 2 aromatic rings. The molecule has 2 nitrogen and oxygen atoms in total. The van der Waals surface area contributed by atoms with Crippen LogP contribution in [-0.4, -0.2) is 13.1 Å². The Morgan fingerprint density at radius 1 is 1.05 bits per heavy atom. The van der Waals surface area contributed by atoms with Crippen LogP contribution in [0.3, 0.4) is 0 Å². The molecule has 0 bridgehead atoms. The van der Waals surface area contributed by atoms with E-state index in [1.807, 2.05) is 6.07 Å². The Morgan fingerprint density at radius 3 is 2.48 bits per heavy atom. The van der Waals surface area contributed by atoms with Crippen LogP contribution in [0.4, 0.5) is 0 Å². The second-order valence-corrected chi connectivity index (χ2v) is 5.49. The van der Waals surface area contributed by atoms with E-state index in [9.17, 15) is 0 Å². The highest BCUT2D eigenvalue weighted by Gasteiger charge is 2.14. The second-order valence-electron chi connectivity index (χ2n) is 5.49. The molecule has 0 fully saturated rings. The Morgan fingerprint density at radius 2 is 1.81 bits per heavy atom. The monoisotopic (exact) mass is 283 g/mol. The van der Waals surface area contributed by atoms with E-state index in [1.165, 1.54) is 16.7 Å². The van der Waals surface area contributed by atoms with Gasteiger partial charge in [-0.05, 0) is 44.0 Å². The molecule has 0 amide bonds. The molecule has 112 valence electrons. The van der Waals surface area contributed by atoms with Crippen LogP contribution in [0.1, 0.15) is 36.1 Å². The van der Waals surface area contributed by atoms with Gasteiger partial charge in [0.25, 0.3) is 0 Å². The summed E-state index contributed by atoms with van der Waals surface area (Å²) in [5, 5.41) is 3.46. The van der Waals surface area contributed by atoms with E-state index in [1.54, 1.807) is 0 Å². The molecule has 0 spiro atoms. The number of nitrogens with one attached hydrogen (secondary N) is 1. The van der Waals surface area contributed by atoms with Gasteiger partial charge in [-0.15, -0.1) is 0 Å². The van der Waals surface area contributed by atoms with Crippen molar-refractivity contribution in [1.82, 2.24) is 5.32 Å². The Labute approximate surface area is 128 Å². The SMILES string of the molecule is CCCNCC(Oc1ccc(C)cc1C)c1ccccc1. The first-order valence-corrected chi connectivity index (χ1v) is 7.70. The fraction of sp³-hybridized carbons (Fsp3) is 0.368. The zero-order valence-electron chi connectivity index (χ0n) is 13.2. The second kappa shape index (κ2) is 7.84. The van der Waals surface area contributed by atoms with E-state index in [-0.39, 0.29) is 6.10 Å². The van der Waals surface area contributed by atoms with E-state index >= 15 is 0 Å². The first kappa shape index (κ1) is 15.6. The number of hydrogen-bond acceptors (Lipinski definition) is 2. The van der Waals surface area contributed by atoms with Gasteiger partial charge in [0.2, 0.25) is 0 Å². The summed E-state index contributed by atoms with van der Waals surface area (Å²) in [5.74, 6) is 0.966. The van der Waals surface area contributed by atoms with Gasteiger partial charge in [-0.3, -0.25) is 0 Å². The molecule has 0 aliphatic heterocycles. The highest BCUT2D eigenvalue weighted by Crippen LogP contribution is 2.25. The molecule has 2 heteroatoms. The van der Waals surface area contributed by atoms with Gasteiger partial charge in [0.15, 0.2) is 0 Å². The minimum Gasteiger partial charge on any atom is -0.484 e. The van der Waals surface area contributed by atoms with Crippen molar-refractivity contribution >= 4 is 0 Å². The van der Waals surface area contributed by atoms with Gasteiger partial charge in [0, 0.05) is 6.54 Å². The van der Waals surface area contributed by atoms with Crippen LogP contribution < -0.4 is 10.1 Å². The lowest BCUT2D eigenvalue weighted by molar-refractivity contribution is 0.200. The third kappa shape index (κ3) is 4.61. The lowest BCUT2D eigenvalue weighted by Gasteiger charge is -2.21. The van der Waals surface area contributed by atoms with Crippen LogP contribution in [0, 0.1) is 13.8 Å². The third-order valence-electron chi connectivity index (χ3n) is 3.53. The van der Waals surface area contributed by atoms with Crippen LogP contribution in [0.2, 0.25) is 0 Å². The van der Waals surface area contributed by atoms with Crippen LogP contribution in [0.15, 0.2) is 48.5 Å².